The standard InChI is InChI=1S/C24H29N7O5S/c1-15-5-4-6-16(2)23(15)19-11-21(36-17-9-10-31(13-17)22(33)8-7-20(25)32)28-24(27-19)29-37(34,35)18-12-26-30(3)14-18/h4-6,11-12,14,17H,7-10,13H2,1-3H3,(H2,25,32)(H,27,28,29). The molecule has 0 aliphatic carbocycles. The molecule has 0 spiro atoms. The van der Waals surface area contributed by atoms with Gasteiger partial charge in [0.15, 0.2) is 0 Å². The summed E-state index contributed by atoms with van der Waals surface area (Å²) in [5, 5.41) is 3.92. The molecule has 1 unspecified atom stereocenters. The van der Waals surface area contributed by atoms with Crippen LogP contribution in [0, 0.1) is 13.8 Å². The minimum absolute atomic E-state index is 0.00760. The number of ether oxygens (including phenoxy) is 1. The van der Waals surface area contributed by atoms with Crippen molar-refractivity contribution >= 4 is 27.8 Å². The molecule has 196 valence electrons. The van der Waals surface area contributed by atoms with Crippen LogP contribution in [0.3, 0.4) is 0 Å². The maximum absolute atomic E-state index is 12.9. The third-order valence-electron chi connectivity index (χ3n) is 6.03. The normalized spacial score (nSPS) is 15.5. The predicted molar refractivity (Wildman–Crippen MR) is 135 cm³/mol. The largest absolute Gasteiger partial charge is 0.472 e. The van der Waals surface area contributed by atoms with E-state index in [1.54, 1.807) is 18.0 Å². The predicted octanol–water partition coefficient (Wildman–Crippen LogP) is 1.54. The van der Waals surface area contributed by atoms with E-state index < -0.39 is 15.9 Å². The monoisotopic (exact) mass is 527 g/mol. The molecule has 1 aromatic carbocycles. The lowest BCUT2D eigenvalue weighted by atomic mass is 10.00. The Morgan fingerprint density at radius 2 is 1.92 bits per heavy atom. The van der Waals surface area contributed by atoms with Gasteiger partial charge in [-0.15, -0.1) is 0 Å². The highest BCUT2D eigenvalue weighted by Gasteiger charge is 2.28. The highest BCUT2D eigenvalue weighted by molar-refractivity contribution is 7.92. The van der Waals surface area contributed by atoms with Crippen LogP contribution in [0.25, 0.3) is 11.3 Å². The molecule has 1 atom stereocenters. The van der Waals surface area contributed by atoms with Gasteiger partial charge in [-0.25, -0.2) is 18.1 Å². The summed E-state index contributed by atoms with van der Waals surface area (Å²) in [6.45, 7) is 4.67. The topological polar surface area (TPSA) is 162 Å². The van der Waals surface area contributed by atoms with Crippen LogP contribution in [0.4, 0.5) is 5.95 Å². The Bertz CT molecular complexity index is 1420. The first-order valence-corrected chi connectivity index (χ1v) is 13.2. The lowest BCUT2D eigenvalue weighted by molar-refractivity contribution is -0.132. The number of aromatic nitrogens is 4. The van der Waals surface area contributed by atoms with Gasteiger partial charge in [0.2, 0.25) is 23.6 Å². The van der Waals surface area contributed by atoms with Crippen molar-refractivity contribution in [2.45, 2.75) is 44.1 Å². The van der Waals surface area contributed by atoms with Gasteiger partial charge in [0.25, 0.3) is 10.0 Å². The molecule has 13 heteroatoms. The van der Waals surface area contributed by atoms with Crippen LogP contribution in [-0.2, 0) is 26.7 Å². The Hall–Kier alpha value is -4.00. The second-order valence-electron chi connectivity index (χ2n) is 8.97. The number of nitrogens with one attached hydrogen (secondary N) is 1. The minimum atomic E-state index is -3.99. The second-order valence-corrected chi connectivity index (χ2v) is 10.7. The minimum Gasteiger partial charge on any atom is -0.472 e. The molecule has 1 aliphatic heterocycles. The Morgan fingerprint density at radius 1 is 1.19 bits per heavy atom. The van der Waals surface area contributed by atoms with Crippen molar-refractivity contribution in [3.05, 3.63) is 47.8 Å². The van der Waals surface area contributed by atoms with E-state index in [9.17, 15) is 18.0 Å². The van der Waals surface area contributed by atoms with Gasteiger partial charge in [-0.1, -0.05) is 18.2 Å². The van der Waals surface area contributed by atoms with Gasteiger partial charge in [0, 0.05) is 50.7 Å². The van der Waals surface area contributed by atoms with Crippen molar-refractivity contribution in [2.75, 3.05) is 17.8 Å². The number of nitrogens with zero attached hydrogens (tertiary/aromatic N) is 5. The van der Waals surface area contributed by atoms with Crippen molar-refractivity contribution in [2.24, 2.45) is 12.8 Å². The third-order valence-corrected chi connectivity index (χ3v) is 7.31. The number of rotatable bonds is 9. The zero-order valence-corrected chi connectivity index (χ0v) is 21.7. The van der Waals surface area contributed by atoms with Gasteiger partial charge in [-0.2, -0.15) is 10.1 Å². The van der Waals surface area contributed by atoms with Gasteiger partial charge >= 0.3 is 0 Å². The quantitative estimate of drug-likeness (QED) is 0.423. The summed E-state index contributed by atoms with van der Waals surface area (Å²) in [6, 6.07) is 7.48. The molecule has 1 fully saturated rings. The van der Waals surface area contributed by atoms with Gasteiger partial charge in [0.1, 0.15) is 11.0 Å². The van der Waals surface area contributed by atoms with Crippen LogP contribution in [0.1, 0.15) is 30.4 Å². The molecule has 3 aromatic rings. The van der Waals surface area contributed by atoms with Crippen molar-refractivity contribution < 1.29 is 22.7 Å². The number of carbonyl (C=O) groups excluding carboxylic acids is 2. The number of carbonyl (C=O) groups is 2. The molecule has 0 radical (unpaired) electrons. The summed E-state index contributed by atoms with van der Waals surface area (Å²) in [5.74, 6) is -0.672. The molecule has 2 aromatic heterocycles. The SMILES string of the molecule is Cc1cccc(C)c1-c1cc(OC2CCN(C(=O)CCC(N)=O)C2)nc(NS(=O)(=O)c2cnn(C)c2)n1. The molecule has 3 N–H and O–H groups in total. The lowest BCUT2D eigenvalue weighted by Gasteiger charge is -2.18. The van der Waals surface area contributed by atoms with Crippen molar-refractivity contribution in [3.63, 3.8) is 0 Å². The lowest BCUT2D eigenvalue weighted by Crippen LogP contribution is -2.31. The van der Waals surface area contributed by atoms with E-state index in [2.05, 4.69) is 19.8 Å². The molecular formula is C24H29N7O5S. The van der Waals surface area contributed by atoms with Gasteiger partial charge < -0.3 is 15.4 Å². The summed E-state index contributed by atoms with van der Waals surface area (Å²) in [4.78, 5) is 33.8. The number of amides is 2. The number of sulfonamides is 1. The molecule has 1 saturated heterocycles. The first-order chi connectivity index (χ1) is 17.5. The summed E-state index contributed by atoms with van der Waals surface area (Å²) in [7, 11) is -2.38. The van der Waals surface area contributed by atoms with E-state index in [1.165, 1.54) is 17.1 Å². The van der Waals surface area contributed by atoms with Crippen LogP contribution in [0.5, 0.6) is 5.88 Å². The fraction of sp³-hybridized carbons (Fsp3) is 0.375. The number of hydrogen-bond acceptors (Lipinski definition) is 8. The first kappa shape index (κ1) is 26.1. The average Bonchev–Trinajstić information content (AvgIpc) is 3.46. The van der Waals surface area contributed by atoms with Crippen molar-refractivity contribution in [1.82, 2.24) is 24.6 Å². The highest BCUT2D eigenvalue weighted by Crippen LogP contribution is 2.30. The van der Waals surface area contributed by atoms with E-state index in [0.29, 0.717) is 25.2 Å². The molecule has 37 heavy (non-hydrogen) atoms. The Kier molecular flexibility index (Phi) is 7.43. The molecule has 4 rings (SSSR count). The Balaban J connectivity index is 1.62. The number of primary amides is 1. The van der Waals surface area contributed by atoms with Crippen molar-refractivity contribution in [1.29, 1.82) is 0 Å². The molecule has 2 amide bonds. The number of nitrogens with two attached hydrogens (primary N) is 1. The third kappa shape index (κ3) is 6.23. The van der Waals surface area contributed by atoms with Gasteiger partial charge in [-0.3, -0.25) is 14.3 Å². The number of aryl methyl sites for hydroxylation is 3. The van der Waals surface area contributed by atoms with E-state index in [1.807, 2.05) is 32.0 Å². The molecule has 1 aliphatic rings. The van der Waals surface area contributed by atoms with E-state index in [0.717, 1.165) is 16.7 Å². The average molecular weight is 528 g/mol. The smallest absolute Gasteiger partial charge is 0.267 e. The zero-order chi connectivity index (χ0) is 26.7. The Morgan fingerprint density at radius 3 is 2.57 bits per heavy atom. The maximum atomic E-state index is 12.9. The summed E-state index contributed by atoms with van der Waals surface area (Å²) < 4.78 is 35.7. The molecule has 0 bridgehead atoms. The van der Waals surface area contributed by atoms with Crippen LogP contribution in [0.2, 0.25) is 0 Å². The number of benzene rings is 1. The summed E-state index contributed by atoms with van der Waals surface area (Å²) in [5.41, 5.74) is 8.40. The van der Waals surface area contributed by atoms with E-state index in [-0.39, 0.29) is 41.6 Å². The zero-order valence-electron chi connectivity index (χ0n) is 20.8. The first-order valence-electron chi connectivity index (χ1n) is 11.7. The van der Waals surface area contributed by atoms with Crippen LogP contribution in [-0.4, -0.2) is 64.1 Å². The maximum Gasteiger partial charge on any atom is 0.267 e. The fourth-order valence-electron chi connectivity index (χ4n) is 4.20. The fourth-order valence-corrected chi connectivity index (χ4v) is 5.13. The summed E-state index contributed by atoms with van der Waals surface area (Å²) in [6.07, 6.45) is 2.84. The van der Waals surface area contributed by atoms with E-state index in [4.69, 9.17) is 10.5 Å². The highest BCUT2D eigenvalue weighted by atomic mass is 32.2. The second kappa shape index (κ2) is 10.5. The number of hydrogen-bond donors (Lipinski definition) is 2. The van der Waals surface area contributed by atoms with E-state index >= 15 is 0 Å². The van der Waals surface area contributed by atoms with Crippen molar-refractivity contribution in [3.8, 4) is 17.1 Å². The Labute approximate surface area is 214 Å². The summed E-state index contributed by atoms with van der Waals surface area (Å²) >= 11 is 0. The van der Waals surface area contributed by atoms with Crippen LogP contribution >= 0.6 is 0 Å². The number of anilines is 1. The van der Waals surface area contributed by atoms with Crippen LogP contribution in [0.15, 0.2) is 41.6 Å². The molecule has 0 saturated carbocycles. The van der Waals surface area contributed by atoms with Crippen LogP contribution < -0.4 is 15.2 Å². The molecule has 12 nitrogen and oxygen atoms in total. The molecular weight excluding hydrogens is 498 g/mol. The number of likely N-dealkylation sites (tertiary alicyclic amines) is 1. The molecule has 3 heterocycles. The van der Waals surface area contributed by atoms with Gasteiger partial charge in [0.05, 0.1) is 18.4 Å². The van der Waals surface area contributed by atoms with Gasteiger partial charge in [-0.05, 0) is 25.0 Å².